The van der Waals surface area contributed by atoms with Crippen molar-refractivity contribution in [2.75, 3.05) is 59.0 Å². The number of rotatable bonds is 7. The Bertz CT molecular complexity index is 641. The summed E-state index contributed by atoms with van der Waals surface area (Å²) < 4.78 is 5.36. The van der Waals surface area contributed by atoms with Crippen molar-refractivity contribution in [3.8, 4) is 0 Å². The van der Waals surface area contributed by atoms with Gasteiger partial charge in [0.2, 0.25) is 5.91 Å². The number of piperidine rings is 1. The van der Waals surface area contributed by atoms with E-state index >= 15 is 0 Å². The van der Waals surface area contributed by atoms with E-state index in [4.69, 9.17) is 4.74 Å². The Morgan fingerprint density at radius 3 is 2.45 bits per heavy atom. The maximum absolute atomic E-state index is 13.1. The van der Waals surface area contributed by atoms with Crippen molar-refractivity contribution < 1.29 is 14.3 Å². The second kappa shape index (κ2) is 11.2. The fourth-order valence-electron chi connectivity index (χ4n) is 3.91. The van der Waals surface area contributed by atoms with Crippen LogP contribution in [0.4, 0.5) is 4.79 Å². The molecule has 2 aliphatic heterocycles. The number of ether oxygens (including phenoxy) is 1. The molecular formula is C22H34N4O3. The first-order valence-electron chi connectivity index (χ1n) is 10.8. The zero-order valence-electron chi connectivity index (χ0n) is 17.4. The normalized spacial score (nSPS) is 19.6. The van der Waals surface area contributed by atoms with Crippen molar-refractivity contribution in [3.05, 3.63) is 35.9 Å². The zero-order chi connectivity index (χ0) is 20.5. The van der Waals surface area contributed by atoms with Crippen LogP contribution in [0.5, 0.6) is 0 Å². The lowest BCUT2D eigenvalue weighted by molar-refractivity contribution is -0.136. The van der Waals surface area contributed by atoms with Gasteiger partial charge in [0.15, 0.2) is 0 Å². The van der Waals surface area contributed by atoms with Crippen molar-refractivity contribution in [3.63, 3.8) is 0 Å². The zero-order valence-corrected chi connectivity index (χ0v) is 17.4. The van der Waals surface area contributed by atoms with Crippen LogP contribution in [0.2, 0.25) is 0 Å². The number of benzene rings is 1. The molecule has 29 heavy (non-hydrogen) atoms. The van der Waals surface area contributed by atoms with Crippen molar-refractivity contribution in [1.82, 2.24) is 20.4 Å². The van der Waals surface area contributed by atoms with Crippen molar-refractivity contribution in [1.29, 1.82) is 0 Å². The second-order valence-corrected chi connectivity index (χ2v) is 8.06. The molecule has 2 heterocycles. The summed E-state index contributed by atoms with van der Waals surface area (Å²) in [5.74, 6) is 0.465. The molecule has 7 nitrogen and oxygen atoms in total. The van der Waals surface area contributed by atoms with Crippen LogP contribution in [0.15, 0.2) is 30.3 Å². The highest BCUT2D eigenvalue weighted by Crippen LogP contribution is 2.19. The molecule has 3 rings (SSSR count). The maximum atomic E-state index is 13.1. The fraction of sp³-hybridized carbons (Fsp3) is 0.636. The molecule has 0 bridgehead atoms. The van der Waals surface area contributed by atoms with Gasteiger partial charge in [0.25, 0.3) is 0 Å². The molecule has 1 aromatic rings. The van der Waals surface area contributed by atoms with E-state index in [2.05, 4.69) is 22.5 Å². The molecule has 1 aromatic carbocycles. The summed E-state index contributed by atoms with van der Waals surface area (Å²) in [6.45, 7) is 8.61. The number of morpholine rings is 1. The minimum Gasteiger partial charge on any atom is -0.378 e. The molecule has 0 spiro atoms. The largest absolute Gasteiger partial charge is 0.378 e. The average Bonchev–Trinajstić information content (AvgIpc) is 2.76. The van der Waals surface area contributed by atoms with E-state index in [1.54, 1.807) is 0 Å². The van der Waals surface area contributed by atoms with Gasteiger partial charge in [0.05, 0.1) is 19.1 Å². The highest BCUT2D eigenvalue weighted by molar-refractivity contribution is 5.85. The maximum Gasteiger partial charge on any atom is 0.314 e. The predicted octanol–water partition coefficient (Wildman–Crippen LogP) is 1.66. The Morgan fingerprint density at radius 1 is 1.07 bits per heavy atom. The third-order valence-corrected chi connectivity index (χ3v) is 5.88. The molecule has 1 atom stereocenters. The van der Waals surface area contributed by atoms with Crippen LogP contribution in [0.1, 0.15) is 31.2 Å². The Hall–Kier alpha value is -2.12. The first-order chi connectivity index (χ1) is 14.1. The second-order valence-electron chi connectivity index (χ2n) is 8.06. The highest BCUT2D eigenvalue weighted by Gasteiger charge is 2.27. The minimum atomic E-state index is -0.386. The van der Waals surface area contributed by atoms with Gasteiger partial charge in [0, 0.05) is 32.7 Å². The van der Waals surface area contributed by atoms with Gasteiger partial charge < -0.3 is 25.2 Å². The lowest BCUT2D eigenvalue weighted by Crippen LogP contribution is -2.47. The van der Waals surface area contributed by atoms with Crippen molar-refractivity contribution in [2.45, 2.75) is 25.7 Å². The molecule has 2 saturated heterocycles. The van der Waals surface area contributed by atoms with Gasteiger partial charge in [0.1, 0.15) is 0 Å². The summed E-state index contributed by atoms with van der Waals surface area (Å²) in [5, 5.41) is 5.83. The molecule has 0 saturated carbocycles. The van der Waals surface area contributed by atoms with Crippen LogP contribution in [-0.4, -0.2) is 80.8 Å². The number of nitrogens with zero attached hydrogens (tertiary/aromatic N) is 2. The predicted molar refractivity (Wildman–Crippen MR) is 113 cm³/mol. The van der Waals surface area contributed by atoms with Crippen LogP contribution < -0.4 is 10.6 Å². The summed E-state index contributed by atoms with van der Waals surface area (Å²) in [4.78, 5) is 29.6. The van der Waals surface area contributed by atoms with E-state index in [1.165, 1.54) is 12.8 Å². The smallest absolute Gasteiger partial charge is 0.314 e. The molecule has 1 unspecified atom stereocenters. The molecule has 0 aromatic heterocycles. The Balaban J connectivity index is 1.47. The van der Waals surface area contributed by atoms with E-state index in [1.807, 2.05) is 35.2 Å². The lowest BCUT2D eigenvalue weighted by atomic mass is 9.97. The third kappa shape index (κ3) is 6.72. The summed E-state index contributed by atoms with van der Waals surface area (Å²) >= 11 is 0. The van der Waals surface area contributed by atoms with Crippen molar-refractivity contribution >= 4 is 11.9 Å². The topological polar surface area (TPSA) is 73.9 Å². The molecule has 2 fully saturated rings. The number of urea groups is 1. The SMILES string of the molecule is CC1CCN(CCNC(=O)NCC(C(=O)N2CCOCC2)c2ccccc2)CC1. The molecule has 2 N–H and O–H groups in total. The van der Waals surface area contributed by atoms with Crippen molar-refractivity contribution in [2.24, 2.45) is 5.92 Å². The standard InChI is InChI=1S/C22H34N4O3/c1-18-7-10-25(11-8-18)12-9-23-22(28)24-17-20(19-5-3-2-4-6-19)21(27)26-13-15-29-16-14-26/h2-6,18,20H,7-17H2,1H3,(H2,23,24,28). The molecule has 0 radical (unpaired) electrons. The molecule has 0 aliphatic carbocycles. The van der Waals surface area contributed by atoms with E-state index < -0.39 is 0 Å². The quantitative estimate of drug-likeness (QED) is 0.728. The summed E-state index contributed by atoms with van der Waals surface area (Å²) in [5.41, 5.74) is 0.923. The lowest BCUT2D eigenvalue weighted by Gasteiger charge is -2.31. The van der Waals surface area contributed by atoms with Gasteiger partial charge in [-0.1, -0.05) is 37.3 Å². The van der Waals surface area contributed by atoms with E-state index in [9.17, 15) is 9.59 Å². The van der Waals surface area contributed by atoms with Gasteiger partial charge in [-0.2, -0.15) is 0 Å². The Labute approximate surface area is 173 Å². The first kappa shape index (κ1) is 21.6. The number of hydrogen-bond acceptors (Lipinski definition) is 4. The Morgan fingerprint density at radius 2 is 1.76 bits per heavy atom. The summed E-state index contributed by atoms with van der Waals surface area (Å²) in [6.07, 6.45) is 2.46. The van der Waals surface area contributed by atoms with E-state index in [-0.39, 0.29) is 24.4 Å². The van der Waals surface area contributed by atoms with Crippen LogP contribution in [0.3, 0.4) is 0 Å². The summed E-state index contributed by atoms with van der Waals surface area (Å²) in [7, 11) is 0. The summed E-state index contributed by atoms with van der Waals surface area (Å²) in [6, 6.07) is 9.45. The van der Waals surface area contributed by atoms with Gasteiger partial charge in [-0.25, -0.2) is 4.79 Å². The fourth-order valence-corrected chi connectivity index (χ4v) is 3.91. The molecule has 160 valence electrons. The van der Waals surface area contributed by atoms with Gasteiger partial charge in [-0.05, 0) is 37.4 Å². The van der Waals surface area contributed by atoms with Crippen LogP contribution in [0, 0.1) is 5.92 Å². The third-order valence-electron chi connectivity index (χ3n) is 5.88. The number of likely N-dealkylation sites (tertiary alicyclic amines) is 1. The number of carbonyl (C=O) groups excluding carboxylic acids is 2. The molecular weight excluding hydrogens is 368 g/mol. The number of carbonyl (C=O) groups is 2. The molecule has 3 amide bonds. The van der Waals surface area contributed by atoms with Gasteiger partial charge in [-0.3, -0.25) is 4.79 Å². The van der Waals surface area contributed by atoms with Gasteiger partial charge >= 0.3 is 6.03 Å². The average molecular weight is 403 g/mol. The Kier molecular flexibility index (Phi) is 8.31. The van der Waals surface area contributed by atoms with Crippen LogP contribution in [-0.2, 0) is 9.53 Å². The van der Waals surface area contributed by atoms with E-state index in [0.29, 0.717) is 32.8 Å². The minimum absolute atomic E-state index is 0.0437. The molecule has 7 heteroatoms. The number of amides is 3. The number of hydrogen-bond donors (Lipinski definition) is 2. The number of nitrogens with one attached hydrogen (secondary N) is 2. The monoisotopic (exact) mass is 402 g/mol. The van der Waals surface area contributed by atoms with Crippen LogP contribution >= 0.6 is 0 Å². The van der Waals surface area contributed by atoms with Gasteiger partial charge in [-0.15, -0.1) is 0 Å². The highest BCUT2D eigenvalue weighted by atomic mass is 16.5. The molecule has 2 aliphatic rings. The van der Waals surface area contributed by atoms with Crippen LogP contribution in [0.25, 0.3) is 0 Å². The van der Waals surface area contributed by atoms with E-state index in [0.717, 1.165) is 31.1 Å². The first-order valence-corrected chi connectivity index (χ1v) is 10.8.